The van der Waals surface area contributed by atoms with Gasteiger partial charge in [0.2, 0.25) is 5.91 Å². The van der Waals surface area contributed by atoms with Gasteiger partial charge < -0.3 is 16.0 Å². The van der Waals surface area contributed by atoms with Crippen LogP contribution in [0.4, 0.5) is 0 Å². The number of nitrogens with zero attached hydrogens (tertiary/aromatic N) is 1. The van der Waals surface area contributed by atoms with Crippen LogP contribution in [0, 0.1) is 5.92 Å². The van der Waals surface area contributed by atoms with Crippen molar-refractivity contribution in [1.29, 1.82) is 0 Å². The van der Waals surface area contributed by atoms with E-state index >= 15 is 0 Å². The van der Waals surface area contributed by atoms with Gasteiger partial charge in [0.05, 0.1) is 6.42 Å². The minimum absolute atomic E-state index is 0.0514. The van der Waals surface area contributed by atoms with Crippen LogP contribution in [0.25, 0.3) is 21.9 Å². The van der Waals surface area contributed by atoms with E-state index in [0.717, 1.165) is 27.8 Å². The molecule has 0 saturated heterocycles. The first-order chi connectivity index (χ1) is 12.9. The lowest BCUT2D eigenvalue weighted by molar-refractivity contribution is -0.117. The molecule has 0 spiro atoms. The lowest BCUT2D eigenvalue weighted by Crippen LogP contribution is -2.28. The number of hydrogen-bond acceptors (Lipinski definition) is 3. The van der Waals surface area contributed by atoms with E-state index < -0.39 is 5.91 Å². The summed E-state index contributed by atoms with van der Waals surface area (Å²) in [5, 5.41) is 1.44. The first-order valence-electron chi connectivity index (χ1n) is 9.14. The molecule has 1 aromatic heterocycles. The summed E-state index contributed by atoms with van der Waals surface area (Å²) in [4.78, 5) is 24.5. The standard InChI is InChI=1S/C22H25N3O2/c1-14(2)13-25-19(12-23)21(16-6-4-3-5-7-16)18-10-15(11-20(24)26)8-9-17(18)22(25)27/h3-10,14H,11-13,23H2,1-2H3,(H2,24,26). The molecule has 2 aromatic carbocycles. The van der Waals surface area contributed by atoms with Crippen LogP contribution < -0.4 is 17.0 Å². The fourth-order valence-corrected chi connectivity index (χ4v) is 3.55. The van der Waals surface area contributed by atoms with Gasteiger partial charge in [0.15, 0.2) is 0 Å². The van der Waals surface area contributed by atoms with Crippen LogP contribution in [0.5, 0.6) is 0 Å². The molecule has 3 rings (SSSR count). The zero-order valence-corrected chi connectivity index (χ0v) is 15.7. The molecule has 4 N–H and O–H groups in total. The Kier molecular flexibility index (Phi) is 5.42. The van der Waals surface area contributed by atoms with Crippen LogP contribution in [-0.2, 0) is 24.3 Å². The summed E-state index contributed by atoms with van der Waals surface area (Å²) in [5.74, 6) is -0.0917. The molecule has 0 unspecified atom stereocenters. The van der Waals surface area contributed by atoms with E-state index in [0.29, 0.717) is 17.8 Å². The minimum Gasteiger partial charge on any atom is -0.369 e. The molecule has 1 heterocycles. The number of carbonyl (C=O) groups is 1. The number of benzene rings is 2. The molecule has 0 aliphatic carbocycles. The molecular formula is C22H25N3O2. The van der Waals surface area contributed by atoms with Crippen LogP contribution in [-0.4, -0.2) is 10.5 Å². The van der Waals surface area contributed by atoms with Gasteiger partial charge in [-0.3, -0.25) is 9.59 Å². The third-order valence-corrected chi connectivity index (χ3v) is 4.63. The Bertz CT molecular complexity index is 1040. The topological polar surface area (TPSA) is 91.1 Å². The van der Waals surface area contributed by atoms with Gasteiger partial charge >= 0.3 is 0 Å². The molecule has 0 bridgehead atoms. The van der Waals surface area contributed by atoms with Gasteiger partial charge in [-0.1, -0.05) is 50.2 Å². The van der Waals surface area contributed by atoms with Crippen molar-refractivity contribution in [2.45, 2.75) is 33.4 Å². The van der Waals surface area contributed by atoms with Gasteiger partial charge in [-0.15, -0.1) is 0 Å². The van der Waals surface area contributed by atoms with Crippen molar-refractivity contribution in [2.75, 3.05) is 0 Å². The highest BCUT2D eigenvalue weighted by Crippen LogP contribution is 2.31. The van der Waals surface area contributed by atoms with Gasteiger partial charge in [-0.25, -0.2) is 0 Å². The first kappa shape index (κ1) is 18.9. The number of fused-ring (bicyclic) bond motifs is 1. The molecule has 0 aliphatic rings. The third-order valence-electron chi connectivity index (χ3n) is 4.63. The maximum Gasteiger partial charge on any atom is 0.258 e. The molecule has 0 radical (unpaired) electrons. The largest absolute Gasteiger partial charge is 0.369 e. The Morgan fingerprint density at radius 1 is 1.07 bits per heavy atom. The molecule has 0 fully saturated rings. The maximum atomic E-state index is 13.2. The molecule has 27 heavy (non-hydrogen) atoms. The van der Waals surface area contributed by atoms with Crippen LogP contribution in [0.1, 0.15) is 25.1 Å². The van der Waals surface area contributed by atoms with Crippen molar-refractivity contribution < 1.29 is 4.79 Å². The molecule has 3 aromatic rings. The average molecular weight is 363 g/mol. The van der Waals surface area contributed by atoms with E-state index in [2.05, 4.69) is 13.8 Å². The number of rotatable bonds is 6. The van der Waals surface area contributed by atoms with Crippen molar-refractivity contribution in [3.05, 3.63) is 70.1 Å². The Morgan fingerprint density at radius 2 is 1.78 bits per heavy atom. The highest BCUT2D eigenvalue weighted by Gasteiger charge is 2.18. The van der Waals surface area contributed by atoms with Gasteiger partial charge in [-0.2, -0.15) is 0 Å². The molecule has 0 saturated carbocycles. The number of aromatic nitrogens is 1. The lowest BCUT2D eigenvalue weighted by atomic mass is 9.94. The Labute approximate surface area is 158 Å². The third kappa shape index (κ3) is 3.78. The maximum absolute atomic E-state index is 13.2. The molecule has 5 heteroatoms. The molecule has 5 nitrogen and oxygen atoms in total. The fraction of sp³-hybridized carbons (Fsp3) is 0.273. The fourth-order valence-electron chi connectivity index (χ4n) is 3.55. The van der Waals surface area contributed by atoms with Crippen LogP contribution in [0.15, 0.2) is 53.3 Å². The minimum atomic E-state index is -0.400. The van der Waals surface area contributed by atoms with Gasteiger partial charge in [0.1, 0.15) is 0 Å². The van der Waals surface area contributed by atoms with E-state index in [1.807, 2.05) is 36.4 Å². The zero-order valence-electron chi connectivity index (χ0n) is 15.7. The van der Waals surface area contributed by atoms with Crippen molar-refractivity contribution >= 4 is 16.7 Å². The molecular weight excluding hydrogens is 338 g/mol. The summed E-state index contributed by atoms with van der Waals surface area (Å²) >= 11 is 0. The first-order valence-corrected chi connectivity index (χ1v) is 9.14. The summed E-state index contributed by atoms with van der Waals surface area (Å²) < 4.78 is 1.79. The van der Waals surface area contributed by atoms with Crippen molar-refractivity contribution in [1.82, 2.24) is 4.57 Å². The Hall–Kier alpha value is -2.92. The number of pyridine rings is 1. The van der Waals surface area contributed by atoms with Crippen LogP contribution in [0.3, 0.4) is 0 Å². The van der Waals surface area contributed by atoms with E-state index in [9.17, 15) is 9.59 Å². The van der Waals surface area contributed by atoms with Crippen molar-refractivity contribution in [3.8, 4) is 11.1 Å². The second kappa shape index (κ2) is 7.76. The predicted molar refractivity (Wildman–Crippen MR) is 109 cm³/mol. The number of amides is 1. The number of carbonyl (C=O) groups excluding carboxylic acids is 1. The normalized spacial score (nSPS) is 11.3. The summed E-state index contributed by atoms with van der Waals surface area (Å²) in [6.07, 6.45) is 0.136. The summed E-state index contributed by atoms with van der Waals surface area (Å²) in [7, 11) is 0. The van der Waals surface area contributed by atoms with Gasteiger partial charge in [-0.05, 0) is 34.6 Å². The number of primary amides is 1. The van der Waals surface area contributed by atoms with Crippen molar-refractivity contribution in [3.63, 3.8) is 0 Å². The van der Waals surface area contributed by atoms with E-state index in [1.54, 1.807) is 16.7 Å². The number of nitrogens with two attached hydrogens (primary N) is 2. The monoisotopic (exact) mass is 363 g/mol. The zero-order chi connectivity index (χ0) is 19.6. The van der Waals surface area contributed by atoms with E-state index in [1.165, 1.54) is 0 Å². The summed E-state index contributed by atoms with van der Waals surface area (Å²) in [6, 6.07) is 15.4. The second-order valence-electron chi connectivity index (χ2n) is 7.22. The van der Waals surface area contributed by atoms with E-state index in [4.69, 9.17) is 11.5 Å². The molecule has 0 atom stereocenters. The number of hydrogen-bond donors (Lipinski definition) is 2. The lowest BCUT2D eigenvalue weighted by Gasteiger charge is -2.21. The molecule has 0 aliphatic heterocycles. The molecule has 140 valence electrons. The van der Waals surface area contributed by atoms with Gasteiger partial charge in [0.25, 0.3) is 5.56 Å². The molecule has 1 amide bonds. The van der Waals surface area contributed by atoms with Crippen LogP contribution >= 0.6 is 0 Å². The smallest absolute Gasteiger partial charge is 0.258 e. The van der Waals surface area contributed by atoms with Crippen LogP contribution in [0.2, 0.25) is 0 Å². The summed E-state index contributed by atoms with van der Waals surface area (Å²) in [6.45, 7) is 5.01. The SMILES string of the molecule is CC(C)Cn1c(CN)c(-c2ccccc2)c2cc(CC(N)=O)ccc2c1=O. The average Bonchev–Trinajstić information content (AvgIpc) is 2.63. The quantitative estimate of drug-likeness (QED) is 0.705. The highest BCUT2D eigenvalue weighted by atomic mass is 16.1. The summed E-state index contributed by atoms with van der Waals surface area (Å²) in [5.41, 5.74) is 15.0. The predicted octanol–water partition coefficient (Wildman–Crippen LogP) is 2.81. The Morgan fingerprint density at radius 3 is 2.37 bits per heavy atom. The Balaban J connectivity index is 2.42. The van der Waals surface area contributed by atoms with E-state index in [-0.39, 0.29) is 18.5 Å². The second-order valence-corrected chi connectivity index (χ2v) is 7.22. The van der Waals surface area contributed by atoms with Crippen molar-refractivity contribution in [2.24, 2.45) is 17.4 Å². The van der Waals surface area contributed by atoms with Gasteiger partial charge in [0, 0.05) is 29.7 Å². The highest BCUT2D eigenvalue weighted by molar-refractivity contribution is 5.98.